The third kappa shape index (κ3) is 1.77. The van der Waals surface area contributed by atoms with Gasteiger partial charge >= 0.3 is 0 Å². The lowest BCUT2D eigenvalue weighted by Crippen LogP contribution is -2.10. The summed E-state index contributed by atoms with van der Waals surface area (Å²) in [5.74, 6) is 0.425. The first-order chi connectivity index (χ1) is 5.79. The molecule has 0 aliphatic heterocycles. The lowest BCUT2D eigenvalue weighted by molar-refractivity contribution is 0.776. The van der Waals surface area contributed by atoms with Crippen LogP contribution in [0.5, 0.6) is 0 Å². The van der Waals surface area contributed by atoms with E-state index in [1.54, 1.807) is 0 Å². The van der Waals surface area contributed by atoms with Crippen molar-refractivity contribution in [1.29, 1.82) is 0 Å². The van der Waals surface area contributed by atoms with Gasteiger partial charge in [-0.3, -0.25) is 0 Å². The molecule has 1 unspecified atom stereocenters. The van der Waals surface area contributed by atoms with Crippen molar-refractivity contribution in [2.45, 2.75) is 12.8 Å². The van der Waals surface area contributed by atoms with Crippen molar-refractivity contribution in [3.63, 3.8) is 0 Å². The highest BCUT2D eigenvalue weighted by Crippen LogP contribution is 2.22. The van der Waals surface area contributed by atoms with Crippen LogP contribution in [0.1, 0.15) is 18.4 Å². The summed E-state index contributed by atoms with van der Waals surface area (Å²) in [5, 5.41) is 3.16. The van der Waals surface area contributed by atoms with Gasteiger partial charge in [-0.1, -0.05) is 25.1 Å². The summed E-state index contributed by atoms with van der Waals surface area (Å²) in [6.07, 6.45) is 0. The van der Waals surface area contributed by atoms with Gasteiger partial charge < -0.3 is 11.1 Å². The van der Waals surface area contributed by atoms with Gasteiger partial charge in [0.15, 0.2) is 0 Å². The van der Waals surface area contributed by atoms with Gasteiger partial charge in [0.2, 0.25) is 0 Å². The number of anilines is 1. The summed E-state index contributed by atoms with van der Waals surface area (Å²) >= 11 is 0. The fourth-order valence-electron chi connectivity index (χ4n) is 1.28. The zero-order valence-corrected chi connectivity index (χ0v) is 7.67. The summed E-state index contributed by atoms with van der Waals surface area (Å²) in [5.41, 5.74) is 8.07. The average Bonchev–Trinajstić information content (AvgIpc) is 2.16. The second-order valence-corrected chi connectivity index (χ2v) is 2.97. The molecule has 0 fully saturated rings. The van der Waals surface area contributed by atoms with Crippen molar-refractivity contribution in [1.82, 2.24) is 0 Å². The van der Waals surface area contributed by atoms with E-state index in [0.29, 0.717) is 12.5 Å². The van der Waals surface area contributed by atoms with Crippen LogP contribution in [0.25, 0.3) is 0 Å². The molecule has 0 heterocycles. The van der Waals surface area contributed by atoms with Crippen molar-refractivity contribution < 1.29 is 0 Å². The molecule has 1 rings (SSSR count). The largest absolute Gasteiger partial charge is 0.388 e. The Bertz CT molecular complexity index is 245. The molecule has 0 spiro atoms. The van der Waals surface area contributed by atoms with E-state index in [4.69, 9.17) is 5.73 Å². The third-order valence-corrected chi connectivity index (χ3v) is 2.11. The third-order valence-electron chi connectivity index (χ3n) is 2.11. The number of hydrogen-bond donors (Lipinski definition) is 2. The topological polar surface area (TPSA) is 38.0 Å². The first-order valence-electron chi connectivity index (χ1n) is 4.26. The second-order valence-electron chi connectivity index (χ2n) is 2.97. The van der Waals surface area contributed by atoms with E-state index in [-0.39, 0.29) is 0 Å². The number of hydrogen-bond acceptors (Lipinski definition) is 2. The molecule has 1 aromatic rings. The SMILES string of the molecule is CNc1ccccc1C(C)CN. The molecule has 0 aliphatic carbocycles. The Morgan fingerprint density at radius 1 is 1.42 bits per heavy atom. The molecular formula is C10H16N2. The van der Waals surface area contributed by atoms with E-state index in [1.807, 2.05) is 19.2 Å². The van der Waals surface area contributed by atoms with Crippen LogP contribution >= 0.6 is 0 Å². The van der Waals surface area contributed by atoms with Crippen LogP contribution in [0.2, 0.25) is 0 Å². The Kier molecular flexibility index (Phi) is 3.11. The van der Waals surface area contributed by atoms with E-state index in [2.05, 4.69) is 24.4 Å². The van der Waals surface area contributed by atoms with Crippen LogP contribution in [0, 0.1) is 0 Å². The fraction of sp³-hybridized carbons (Fsp3) is 0.400. The van der Waals surface area contributed by atoms with Crippen LogP contribution in [0.3, 0.4) is 0 Å². The van der Waals surface area contributed by atoms with Crippen molar-refractivity contribution in [2.24, 2.45) is 5.73 Å². The number of rotatable bonds is 3. The fourth-order valence-corrected chi connectivity index (χ4v) is 1.28. The zero-order chi connectivity index (χ0) is 8.97. The smallest absolute Gasteiger partial charge is 0.0373 e. The van der Waals surface area contributed by atoms with E-state index in [9.17, 15) is 0 Å². The predicted octanol–water partition coefficient (Wildman–Crippen LogP) is 1.79. The first kappa shape index (κ1) is 9.07. The average molecular weight is 164 g/mol. The van der Waals surface area contributed by atoms with Crippen molar-refractivity contribution in [2.75, 3.05) is 18.9 Å². The minimum absolute atomic E-state index is 0.425. The van der Waals surface area contributed by atoms with Crippen LogP contribution in [0.15, 0.2) is 24.3 Å². The molecule has 0 saturated carbocycles. The highest BCUT2D eigenvalue weighted by Gasteiger charge is 2.06. The summed E-state index contributed by atoms with van der Waals surface area (Å²) in [6.45, 7) is 2.83. The van der Waals surface area contributed by atoms with E-state index >= 15 is 0 Å². The number of nitrogens with two attached hydrogens (primary N) is 1. The maximum absolute atomic E-state index is 5.60. The molecule has 66 valence electrons. The van der Waals surface area contributed by atoms with Gasteiger partial charge in [0.05, 0.1) is 0 Å². The zero-order valence-electron chi connectivity index (χ0n) is 7.67. The monoisotopic (exact) mass is 164 g/mol. The van der Waals surface area contributed by atoms with Gasteiger partial charge in [0.1, 0.15) is 0 Å². The lowest BCUT2D eigenvalue weighted by atomic mass is 9.99. The van der Waals surface area contributed by atoms with Crippen molar-refractivity contribution >= 4 is 5.69 Å². The number of nitrogens with one attached hydrogen (secondary N) is 1. The van der Waals surface area contributed by atoms with Gasteiger partial charge in [0.25, 0.3) is 0 Å². The minimum atomic E-state index is 0.425. The highest BCUT2D eigenvalue weighted by molar-refractivity contribution is 5.52. The maximum Gasteiger partial charge on any atom is 0.0373 e. The Labute approximate surface area is 73.8 Å². The summed E-state index contributed by atoms with van der Waals surface area (Å²) < 4.78 is 0. The van der Waals surface area contributed by atoms with Gasteiger partial charge in [-0.2, -0.15) is 0 Å². The van der Waals surface area contributed by atoms with E-state index < -0.39 is 0 Å². The molecular weight excluding hydrogens is 148 g/mol. The number of benzene rings is 1. The Morgan fingerprint density at radius 3 is 2.67 bits per heavy atom. The Hall–Kier alpha value is -1.02. The van der Waals surface area contributed by atoms with Crippen LogP contribution in [-0.2, 0) is 0 Å². The van der Waals surface area contributed by atoms with Crippen molar-refractivity contribution in [3.05, 3.63) is 29.8 Å². The Morgan fingerprint density at radius 2 is 2.08 bits per heavy atom. The second kappa shape index (κ2) is 4.12. The van der Waals surface area contributed by atoms with Crippen LogP contribution in [0.4, 0.5) is 5.69 Å². The van der Waals surface area contributed by atoms with Gasteiger partial charge in [-0.15, -0.1) is 0 Å². The first-order valence-corrected chi connectivity index (χ1v) is 4.26. The normalized spacial score (nSPS) is 12.6. The molecule has 0 aliphatic rings. The molecule has 12 heavy (non-hydrogen) atoms. The molecule has 2 heteroatoms. The number of para-hydroxylation sites is 1. The maximum atomic E-state index is 5.60. The summed E-state index contributed by atoms with van der Waals surface area (Å²) in [6, 6.07) is 8.26. The quantitative estimate of drug-likeness (QED) is 0.714. The molecule has 1 atom stereocenters. The van der Waals surface area contributed by atoms with Crippen LogP contribution in [-0.4, -0.2) is 13.6 Å². The van der Waals surface area contributed by atoms with E-state index in [1.165, 1.54) is 11.3 Å². The molecule has 1 aromatic carbocycles. The minimum Gasteiger partial charge on any atom is -0.388 e. The van der Waals surface area contributed by atoms with E-state index in [0.717, 1.165) is 0 Å². The van der Waals surface area contributed by atoms with Crippen molar-refractivity contribution in [3.8, 4) is 0 Å². The molecule has 0 bridgehead atoms. The predicted molar refractivity (Wildman–Crippen MR) is 53.5 cm³/mol. The molecule has 0 amide bonds. The van der Waals surface area contributed by atoms with Gasteiger partial charge in [0, 0.05) is 12.7 Å². The standard InChI is InChI=1S/C10H16N2/c1-8(7-11)9-5-3-4-6-10(9)12-2/h3-6,8,12H,7,11H2,1-2H3. The highest BCUT2D eigenvalue weighted by atomic mass is 14.8. The molecule has 0 saturated heterocycles. The Balaban J connectivity index is 2.96. The summed E-state index contributed by atoms with van der Waals surface area (Å²) in [7, 11) is 1.93. The summed E-state index contributed by atoms with van der Waals surface area (Å²) in [4.78, 5) is 0. The van der Waals surface area contributed by atoms with Gasteiger partial charge in [-0.25, -0.2) is 0 Å². The molecule has 0 radical (unpaired) electrons. The molecule has 0 aromatic heterocycles. The van der Waals surface area contributed by atoms with Gasteiger partial charge in [-0.05, 0) is 24.1 Å². The lowest BCUT2D eigenvalue weighted by Gasteiger charge is -2.13. The van der Waals surface area contributed by atoms with Crippen LogP contribution < -0.4 is 11.1 Å². The molecule has 2 nitrogen and oxygen atoms in total. The molecule has 3 N–H and O–H groups in total.